The number of benzene rings is 1. The predicted octanol–water partition coefficient (Wildman–Crippen LogP) is 4.05. The van der Waals surface area contributed by atoms with Crippen molar-refractivity contribution in [2.45, 2.75) is 11.9 Å². The van der Waals surface area contributed by atoms with Crippen molar-refractivity contribution in [3.05, 3.63) is 71.9 Å². The van der Waals surface area contributed by atoms with Gasteiger partial charge in [-0.2, -0.15) is 5.26 Å². The van der Waals surface area contributed by atoms with E-state index in [1.165, 1.54) is 11.8 Å². The number of carbonyl (C=O) groups excluding carboxylic acids is 1. The van der Waals surface area contributed by atoms with Crippen LogP contribution in [0.5, 0.6) is 0 Å². The van der Waals surface area contributed by atoms with Gasteiger partial charge in [-0.25, -0.2) is 4.98 Å². The molecule has 0 fully saturated rings. The number of anilines is 1. The first-order valence-electron chi connectivity index (χ1n) is 7.98. The molecule has 3 aromatic rings. The fourth-order valence-corrected chi connectivity index (χ4v) is 3.10. The topological polar surface area (TPSA) is 78.7 Å². The summed E-state index contributed by atoms with van der Waals surface area (Å²) in [5.74, 6) is 0.0278. The molecule has 0 saturated heterocycles. The van der Waals surface area contributed by atoms with Crippen molar-refractivity contribution in [1.82, 2.24) is 9.97 Å². The van der Waals surface area contributed by atoms with Crippen LogP contribution in [0.15, 0.2) is 65.8 Å². The molecule has 6 heteroatoms. The fraction of sp³-hybridized carbons (Fsp3) is 0.100. The number of nitrogens with one attached hydrogen (secondary N) is 1. The fourth-order valence-electron chi connectivity index (χ4n) is 2.33. The molecule has 0 aliphatic rings. The Morgan fingerprint density at radius 3 is 2.65 bits per heavy atom. The number of aromatic nitrogens is 2. The SMILES string of the molecule is Cc1ccccc1NC(=O)CSc1nc(-c2ccccn2)ccc1C#N. The molecule has 0 aliphatic carbocycles. The van der Waals surface area contributed by atoms with Crippen molar-refractivity contribution in [1.29, 1.82) is 5.26 Å². The zero-order valence-electron chi connectivity index (χ0n) is 14.1. The van der Waals surface area contributed by atoms with Crippen LogP contribution >= 0.6 is 11.8 Å². The summed E-state index contributed by atoms with van der Waals surface area (Å²) in [4.78, 5) is 21.0. The maximum absolute atomic E-state index is 12.2. The highest BCUT2D eigenvalue weighted by Gasteiger charge is 2.11. The summed E-state index contributed by atoms with van der Waals surface area (Å²) in [5, 5.41) is 12.7. The Hall–Kier alpha value is -3.17. The zero-order chi connectivity index (χ0) is 18.4. The van der Waals surface area contributed by atoms with Crippen LogP contribution in [0.4, 0.5) is 5.69 Å². The molecule has 0 atom stereocenters. The van der Waals surface area contributed by atoms with Gasteiger partial charge in [-0.3, -0.25) is 9.78 Å². The van der Waals surface area contributed by atoms with Crippen LogP contribution in [-0.4, -0.2) is 21.6 Å². The number of para-hydroxylation sites is 1. The van der Waals surface area contributed by atoms with Crippen molar-refractivity contribution in [3.8, 4) is 17.5 Å². The molecule has 0 bridgehead atoms. The molecule has 0 saturated carbocycles. The number of hydrogen-bond acceptors (Lipinski definition) is 5. The first-order valence-corrected chi connectivity index (χ1v) is 8.97. The molecule has 128 valence electrons. The lowest BCUT2D eigenvalue weighted by atomic mass is 10.2. The van der Waals surface area contributed by atoms with E-state index in [1.807, 2.05) is 49.4 Å². The van der Waals surface area contributed by atoms with Gasteiger partial charge in [0.1, 0.15) is 11.1 Å². The van der Waals surface area contributed by atoms with Gasteiger partial charge in [0, 0.05) is 11.9 Å². The molecule has 0 spiro atoms. The molecule has 1 amide bonds. The molecule has 5 nitrogen and oxygen atoms in total. The minimum absolute atomic E-state index is 0.141. The molecular formula is C20H16N4OS. The monoisotopic (exact) mass is 360 g/mol. The van der Waals surface area contributed by atoms with Crippen LogP contribution in [-0.2, 0) is 4.79 Å². The van der Waals surface area contributed by atoms with Crippen molar-refractivity contribution in [2.24, 2.45) is 0 Å². The Bertz CT molecular complexity index is 967. The molecule has 0 radical (unpaired) electrons. The highest BCUT2D eigenvalue weighted by molar-refractivity contribution is 8.00. The molecule has 0 aliphatic heterocycles. The number of nitriles is 1. The molecule has 2 heterocycles. The van der Waals surface area contributed by atoms with Gasteiger partial charge >= 0.3 is 0 Å². The van der Waals surface area contributed by atoms with Crippen molar-refractivity contribution in [3.63, 3.8) is 0 Å². The number of carbonyl (C=O) groups is 1. The summed E-state index contributed by atoms with van der Waals surface area (Å²) in [6.45, 7) is 1.94. The molecular weight excluding hydrogens is 344 g/mol. The van der Waals surface area contributed by atoms with Crippen LogP contribution in [0.25, 0.3) is 11.4 Å². The number of thioether (sulfide) groups is 1. The highest BCUT2D eigenvalue weighted by Crippen LogP contribution is 2.24. The van der Waals surface area contributed by atoms with Gasteiger partial charge in [0.2, 0.25) is 5.91 Å². The third kappa shape index (κ3) is 4.26. The van der Waals surface area contributed by atoms with Gasteiger partial charge in [-0.15, -0.1) is 0 Å². The second kappa shape index (κ2) is 8.28. The number of hydrogen-bond donors (Lipinski definition) is 1. The van der Waals surface area contributed by atoms with E-state index < -0.39 is 0 Å². The second-order valence-corrected chi connectivity index (χ2v) is 6.49. The first-order chi connectivity index (χ1) is 12.7. The third-order valence-electron chi connectivity index (χ3n) is 3.67. The molecule has 0 unspecified atom stereocenters. The maximum atomic E-state index is 12.2. The van der Waals surface area contributed by atoms with Gasteiger partial charge in [0.15, 0.2) is 0 Å². The smallest absolute Gasteiger partial charge is 0.234 e. The standard InChI is InChI=1S/C20H16N4OS/c1-14-6-2-3-7-16(14)23-19(25)13-26-20-15(12-21)9-10-18(24-20)17-8-4-5-11-22-17/h2-11H,13H2,1H3,(H,23,25). The number of nitrogens with zero attached hydrogens (tertiary/aromatic N) is 3. The highest BCUT2D eigenvalue weighted by atomic mass is 32.2. The maximum Gasteiger partial charge on any atom is 0.234 e. The van der Waals surface area contributed by atoms with Crippen LogP contribution in [0.1, 0.15) is 11.1 Å². The predicted molar refractivity (Wildman–Crippen MR) is 103 cm³/mol. The van der Waals surface area contributed by atoms with Gasteiger partial charge in [-0.1, -0.05) is 36.0 Å². The van der Waals surface area contributed by atoms with Crippen molar-refractivity contribution in [2.75, 3.05) is 11.1 Å². The van der Waals surface area contributed by atoms with Crippen LogP contribution in [0, 0.1) is 18.3 Å². The summed E-state index contributed by atoms with van der Waals surface area (Å²) < 4.78 is 0. The quantitative estimate of drug-likeness (QED) is 0.694. The first kappa shape index (κ1) is 17.6. The van der Waals surface area contributed by atoms with E-state index in [0.717, 1.165) is 16.9 Å². The van der Waals surface area contributed by atoms with Gasteiger partial charge < -0.3 is 5.32 Å². The molecule has 1 N–H and O–H groups in total. The van der Waals surface area contributed by atoms with Gasteiger partial charge in [-0.05, 0) is 42.8 Å². The molecule has 3 rings (SSSR count). The summed E-state index contributed by atoms with van der Waals surface area (Å²) in [5.41, 5.74) is 3.63. The average Bonchev–Trinajstić information content (AvgIpc) is 2.68. The van der Waals surface area contributed by atoms with Crippen LogP contribution < -0.4 is 5.32 Å². The Labute approximate surface area is 156 Å². The van der Waals surface area contributed by atoms with E-state index in [2.05, 4.69) is 21.4 Å². The van der Waals surface area contributed by atoms with E-state index in [0.29, 0.717) is 16.3 Å². The minimum atomic E-state index is -0.141. The lowest BCUT2D eigenvalue weighted by molar-refractivity contribution is -0.113. The van der Waals surface area contributed by atoms with Gasteiger partial charge in [0.25, 0.3) is 0 Å². The van der Waals surface area contributed by atoms with Crippen molar-refractivity contribution >= 4 is 23.4 Å². The minimum Gasteiger partial charge on any atom is -0.325 e. The Kier molecular flexibility index (Phi) is 5.62. The Balaban J connectivity index is 1.73. The molecule has 26 heavy (non-hydrogen) atoms. The lowest BCUT2D eigenvalue weighted by Crippen LogP contribution is -2.15. The number of aryl methyl sites for hydroxylation is 1. The van der Waals surface area contributed by atoms with E-state index in [1.54, 1.807) is 18.3 Å². The number of rotatable bonds is 5. The van der Waals surface area contributed by atoms with E-state index >= 15 is 0 Å². The average molecular weight is 360 g/mol. The Morgan fingerprint density at radius 2 is 1.92 bits per heavy atom. The van der Waals surface area contributed by atoms with E-state index in [-0.39, 0.29) is 11.7 Å². The van der Waals surface area contributed by atoms with Gasteiger partial charge in [0.05, 0.1) is 22.7 Å². The zero-order valence-corrected chi connectivity index (χ0v) is 15.0. The largest absolute Gasteiger partial charge is 0.325 e. The lowest BCUT2D eigenvalue weighted by Gasteiger charge is -2.09. The normalized spacial score (nSPS) is 10.2. The second-order valence-electron chi connectivity index (χ2n) is 5.53. The van der Waals surface area contributed by atoms with Crippen molar-refractivity contribution < 1.29 is 4.79 Å². The molecule has 2 aromatic heterocycles. The summed E-state index contributed by atoms with van der Waals surface area (Å²) in [6, 6.07) is 18.8. The van der Waals surface area contributed by atoms with E-state index in [9.17, 15) is 10.1 Å². The number of pyridine rings is 2. The summed E-state index contributed by atoms with van der Waals surface area (Å²) in [7, 11) is 0. The summed E-state index contributed by atoms with van der Waals surface area (Å²) in [6.07, 6.45) is 1.69. The van der Waals surface area contributed by atoms with E-state index in [4.69, 9.17) is 0 Å². The Morgan fingerprint density at radius 1 is 1.12 bits per heavy atom. The van der Waals surface area contributed by atoms with Crippen LogP contribution in [0.3, 0.4) is 0 Å². The third-order valence-corrected chi connectivity index (χ3v) is 4.66. The van der Waals surface area contributed by atoms with Crippen LogP contribution in [0.2, 0.25) is 0 Å². The summed E-state index contributed by atoms with van der Waals surface area (Å²) >= 11 is 1.24. The number of amides is 1. The molecule has 1 aromatic carbocycles.